The first-order chi connectivity index (χ1) is 10.3. The highest BCUT2D eigenvalue weighted by atomic mass is 35.5. The predicted octanol–water partition coefficient (Wildman–Crippen LogP) is 3.10. The molecule has 1 saturated carbocycles. The second kappa shape index (κ2) is 6.47. The Kier molecular flexibility index (Phi) is 4.98. The fraction of sp³-hybridized carbons (Fsp3) is 0.250. The number of nitrogens with one attached hydrogen (secondary N) is 1. The summed E-state index contributed by atoms with van der Waals surface area (Å²) >= 11 is 0. The first-order valence-corrected chi connectivity index (χ1v) is 8.86. The molecule has 3 rings (SSSR count). The average molecular weight is 357 g/mol. The third kappa shape index (κ3) is 4.22. The van der Waals surface area contributed by atoms with Gasteiger partial charge in [0.25, 0.3) is 0 Å². The molecule has 0 saturated heterocycles. The van der Waals surface area contributed by atoms with Crippen LogP contribution in [-0.2, 0) is 10.0 Å². The zero-order chi connectivity index (χ0) is 15.9. The van der Waals surface area contributed by atoms with Gasteiger partial charge < -0.3 is 5.73 Å². The molecule has 0 spiro atoms. The average Bonchev–Trinajstić information content (AvgIpc) is 3.17. The number of sulfonamides is 1. The van der Waals surface area contributed by atoms with Crippen LogP contribution in [0.5, 0.6) is 0 Å². The Bertz CT molecular complexity index is 809. The van der Waals surface area contributed by atoms with Gasteiger partial charge in [-0.1, -0.05) is 30.3 Å². The van der Waals surface area contributed by atoms with Gasteiger partial charge in [-0.3, -0.25) is 4.72 Å². The monoisotopic (exact) mass is 356 g/mol. The van der Waals surface area contributed by atoms with Crippen molar-refractivity contribution in [1.29, 1.82) is 0 Å². The lowest BCUT2D eigenvalue weighted by molar-refractivity contribution is 0.604. The van der Waals surface area contributed by atoms with E-state index < -0.39 is 15.8 Å². The van der Waals surface area contributed by atoms with Gasteiger partial charge in [0.1, 0.15) is 5.82 Å². The smallest absolute Gasteiger partial charge is 0.229 e. The molecule has 124 valence electrons. The summed E-state index contributed by atoms with van der Waals surface area (Å²) in [4.78, 5) is 0. The van der Waals surface area contributed by atoms with Crippen molar-refractivity contribution in [2.24, 2.45) is 5.73 Å². The van der Waals surface area contributed by atoms with Crippen molar-refractivity contribution in [2.45, 2.75) is 18.4 Å². The number of rotatable bonds is 4. The third-order valence-corrected chi connectivity index (χ3v) is 4.36. The van der Waals surface area contributed by atoms with Crippen LogP contribution in [0.15, 0.2) is 42.5 Å². The highest BCUT2D eigenvalue weighted by Gasteiger charge is 2.34. The summed E-state index contributed by atoms with van der Waals surface area (Å²) in [5.74, 6) is -0.167. The maximum Gasteiger partial charge on any atom is 0.229 e. The molecule has 0 amide bonds. The molecule has 2 aromatic rings. The molecule has 2 aromatic carbocycles. The standard InChI is InChI=1S/C16H17FN2O2S.ClH/c1-22(20,21)19-16-8-12(6-7-14(16)17)10-2-4-11(5-3-10)13-9-15(13)18;/h2-8,13,15,19H,9,18H2,1H3;1H/t13-,15+;/m0./s1. The van der Waals surface area contributed by atoms with Crippen molar-refractivity contribution >= 4 is 28.1 Å². The zero-order valence-electron chi connectivity index (χ0n) is 12.5. The number of hydrogen-bond donors (Lipinski definition) is 2. The molecule has 3 N–H and O–H groups in total. The van der Waals surface area contributed by atoms with Crippen molar-refractivity contribution in [2.75, 3.05) is 11.0 Å². The number of hydrogen-bond acceptors (Lipinski definition) is 3. The molecular weight excluding hydrogens is 339 g/mol. The Morgan fingerprint density at radius 2 is 1.70 bits per heavy atom. The van der Waals surface area contributed by atoms with Crippen LogP contribution in [0.1, 0.15) is 17.9 Å². The Morgan fingerprint density at radius 3 is 2.22 bits per heavy atom. The van der Waals surface area contributed by atoms with Crippen LogP contribution in [0.3, 0.4) is 0 Å². The van der Waals surface area contributed by atoms with E-state index in [0.29, 0.717) is 5.92 Å². The van der Waals surface area contributed by atoms with Crippen LogP contribution in [-0.4, -0.2) is 20.7 Å². The summed E-state index contributed by atoms with van der Waals surface area (Å²) in [5, 5.41) is 0. The highest BCUT2D eigenvalue weighted by Crippen LogP contribution is 2.39. The molecule has 0 heterocycles. The minimum absolute atomic E-state index is 0. The predicted molar refractivity (Wildman–Crippen MR) is 92.9 cm³/mol. The topological polar surface area (TPSA) is 72.2 Å². The van der Waals surface area contributed by atoms with Crippen LogP contribution in [0.4, 0.5) is 10.1 Å². The lowest BCUT2D eigenvalue weighted by atomic mass is 10.0. The van der Waals surface area contributed by atoms with Crippen LogP contribution in [0, 0.1) is 5.82 Å². The van der Waals surface area contributed by atoms with E-state index in [1.54, 1.807) is 6.07 Å². The second-order valence-corrected chi connectivity index (χ2v) is 7.45. The van der Waals surface area contributed by atoms with Gasteiger partial charge in [0.2, 0.25) is 10.0 Å². The van der Waals surface area contributed by atoms with Gasteiger partial charge in [0, 0.05) is 12.0 Å². The molecule has 0 aromatic heterocycles. The molecule has 0 bridgehead atoms. The number of anilines is 1. The van der Waals surface area contributed by atoms with E-state index in [2.05, 4.69) is 4.72 Å². The third-order valence-electron chi connectivity index (χ3n) is 3.77. The Hall–Kier alpha value is -1.63. The first-order valence-electron chi connectivity index (χ1n) is 6.97. The van der Waals surface area contributed by atoms with Crippen LogP contribution >= 0.6 is 12.4 Å². The molecule has 0 aliphatic heterocycles. The molecule has 1 aliphatic rings. The van der Waals surface area contributed by atoms with Crippen molar-refractivity contribution in [3.63, 3.8) is 0 Å². The van der Waals surface area contributed by atoms with E-state index in [0.717, 1.165) is 23.8 Å². The van der Waals surface area contributed by atoms with E-state index in [-0.39, 0.29) is 24.1 Å². The molecule has 0 unspecified atom stereocenters. The Balaban J connectivity index is 0.00000192. The maximum atomic E-state index is 13.7. The van der Waals surface area contributed by atoms with Crippen molar-refractivity contribution < 1.29 is 12.8 Å². The molecule has 23 heavy (non-hydrogen) atoms. The fourth-order valence-electron chi connectivity index (χ4n) is 2.50. The van der Waals surface area contributed by atoms with E-state index in [4.69, 9.17) is 5.73 Å². The first kappa shape index (κ1) is 17.7. The minimum atomic E-state index is -3.52. The summed E-state index contributed by atoms with van der Waals surface area (Å²) in [6.45, 7) is 0. The van der Waals surface area contributed by atoms with E-state index in [1.807, 2.05) is 24.3 Å². The Labute approximate surface area is 141 Å². The van der Waals surface area contributed by atoms with Gasteiger partial charge >= 0.3 is 0 Å². The van der Waals surface area contributed by atoms with Gasteiger partial charge in [-0.15, -0.1) is 12.4 Å². The maximum absolute atomic E-state index is 13.7. The summed E-state index contributed by atoms with van der Waals surface area (Å²) in [6.07, 6.45) is 2.01. The zero-order valence-corrected chi connectivity index (χ0v) is 14.1. The molecule has 7 heteroatoms. The van der Waals surface area contributed by atoms with Crippen molar-refractivity contribution in [3.05, 3.63) is 53.8 Å². The number of nitrogens with two attached hydrogens (primary N) is 1. The summed E-state index contributed by atoms with van der Waals surface area (Å²) in [6, 6.07) is 12.5. The van der Waals surface area contributed by atoms with Crippen LogP contribution < -0.4 is 10.5 Å². The van der Waals surface area contributed by atoms with Gasteiger partial charge in [0.15, 0.2) is 0 Å². The lowest BCUT2D eigenvalue weighted by Crippen LogP contribution is -2.10. The van der Waals surface area contributed by atoms with Gasteiger partial charge in [-0.25, -0.2) is 12.8 Å². The van der Waals surface area contributed by atoms with Gasteiger partial charge in [-0.05, 0) is 35.2 Å². The summed E-state index contributed by atoms with van der Waals surface area (Å²) in [7, 11) is -3.52. The van der Waals surface area contributed by atoms with E-state index in [1.165, 1.54) is 17.7 Å². The fourth-order valence-corrected chi connectivity index (χ4v) is 3.06. The number of benzene rings is 2. The van der Waals surface area contributed by atoms with Crippen LogP contribution in [0.25, 0.3) is 11.1 Å². The Morgan fingerprint density at radius 1 is 1.13 bits per heavy atom. The molecule has 4 nitrogen and oxygen atoms in total. The molecular formula is C16H18ClFN2O2S. The molecule has 2 atom stereocenters. The highest BCUT2D eigenvalue weighted by molar-refractivity contribution is 7.92. The van der Waals surface area contributed by atoms with Gasteiger partial charge in [0.05, 0.1) is 11.9 Å². The quantitative estimate of drug-likeness (QED) is 0.884. The van der Waals surface area contributed by atoms with Gasteiger partial charge in [-0.2, -0.15) is 0 Å². The molecule has 1 aliphatic carbocycles. The largest absolute Gasteiger partial charge is 0.327 e. The van der Waals surface area contributed by atoms with E-state index in [9.17, 15) is 12.8 Å². The van der Waals surface area contributed by atoms with Crippen LogP contribution in [0.2, 0.25) is 0 Å². The summed E-state index contributed by atoms with van der Waals surface area (Å²) in [5.41, 5.74) is 8.64. The lowest BCUT2D eigenvalue weighted by Gasteiger charge is -2.09. The van der Waals surface area contributed by atoms with Crippen molar-refractivity contribution in [3.8, 4) is 11.1 Å². The van der Waals surface area contributed by atoms with E-state index >= 15 is 0 Å². The molecule has 0 radical (unpaired) electrons. The van der Waals surface area contributed by atoms with Crippen molar-refractivity contribution in [1.82, 2.24) is 0 Å². The number of halogens is 2. The molecule has 1 fully saturated rings. The summed E-state index contributed by atoms with van der Waals surface area (Å²) < 4.78 is 38.4. The minimum Gasteiger partial charge on any atom is -0.327 e. The second-order valence-electron chi connectivity index (χ2n) is 5.70. The SMILES string of the molecule is CS(=O)(=O)Nc1cc(-c2ccc([C@@H]3C[C@H]3N)cc2)ccc1F.Cl. The normalized spacial score (nSPS) is 19.8.